The molecule has 2 rings (SSSR count). The van der Waals surface area contributed by atoms with Crippen LogP contribution in [0.4, 0.5) is 0 Å². The molecule has 0 radical (unpaired) electrons. The third-order valence-electron chi connectivity index (χ3n) is 1.58. The van der Waals surface area contributed by atoms with E-state index in [1.165, 1.54) is 13.7 Å². The molecule has 0 unspecified atom stereocenters. The minimum Gasteiger partial charge on any atom is -0.142 e. The molecule has 0 nitrogen and oxygen atoms in total. The third-order valence-corrected chi connectivity index (χ3v) is 4.72. The predicted octanol–water partition coefficient (Wildman–Crippen LogP) is 4.56. The quantitative estimate of drug-likeness (QED) is 0.510. The van der Waals surface area contributed by atoms with Gasteiger partial charge in [-0.2, -0.15) is 0 Å². The van der Waals surface area contributed by atoms with Gasteiger partial charge in [0.2, 0.25) is 0 Å². The van der Waals surface area contributed by atoms with E-state index >= 15 is 0 Å². The van der Waals surface area contributed by atoms with Crippen molar-refractivity contribution in [3.05, 3.63) is 25.6 Å². The number of hydrogen-bond acceptors (Lipinski definition) is 2. The molecule has 4 heteroatoms. The summed E-state index contributed by atoms with van der Waals surface area (Å²) in [7, 11) is 0. The fourth-order valence-corrected chi connectivity index (χ4v) is 3.70. The van der Waals surface area contributed by atoms with Crippen molar-refractivity contribution in [2.45, 2.75) is 4.90 Å². The lowest BCUT2D eigenvalue weighted by molar-refractivity contribution is 1.58. The number of benzene rings is 1. The Labute approximate surface area is 102 Å². The van der Waals surface area contributed by atoms with Crippen LogP contribution in [0, 0.1) is 3.57 Å². The molecule has 1 aromatic heterocycles. The smallest absolute Gasteiger partial charge is 0.0711 e. The van der Waals surface area contributed by atoms with Gasteiger partial charge in [0.05, 0.1) is 3.79 Å². The van der Waals surface area contributed by atoms with Gasteiger partial charge in [-0.3, -0.25) is 0 Å². The molecule has 0 amide bonds. The number of hydrogen-bond donors (Lipinski definition) is 1. The highest BCUT2D eigenvalue weighted by Crippen LogP contribution is 2.36. The van der Waals surface area contributed by atoms with Crippen LogP contribution < -0.4 is 0 Å². The van der Waals surface area contributed by atoms with E-state index in [9.17, 15) is 0 Å². The summed E-state index contributed by atoms with van der Waals surface area (Å²) in [5.41, 5.74) is 0. The summed E-state index contributed by atoms with van der Waals surface area (Å²) >= 11 is 11.9. The van der Waals surface area contributed by atoms with Crippen molar-refractivity contribution < 1.29 is 0 Å². The van der Waals surface area contributed by atoms with Crippen molar-refractivity contribution >= 4 is 72.6 Å². The molecule has 2 aromatic rings. The van der Waals surface area contributed by atoms with E-state index in [0.29, 0.717) is 0 Å². The molecule has 0 spiro atoms. The molecule has 0 atom stereocenters. The van der Waals surface area contributed by atoms with Crippen molar-refractivity contribution in [2.24, 2.45) is 0 Å². The molecule has 0 aliphatic heterocycles. The first-order chi connectivity index (χ1) is 5.68. The number of fused-ring (bicyclic) bond motifs is 1. The zero-order valence-electron chi connectivity index (χ0n) is 5.84. The van der Waals surface area contributed by atoms with Gasteiger partial charge in [-0.1, -0.05) is 0 Å². The van der Waals surface area contributed by atoms with Gasteiger partial charge < -0.3 is 0 Å². The van der Waals surface area contributed by atoms with Gasteiger partial charge >= 0.3 is 0 Å². The van der Waals surface area contributed by atoms with Crippen LogP contribution in [0.25, 0.3) is 10.1 Å². The highest BCUT2D eigenvalue weighted by molar-refractivity contribution is 14.1. The van der Waals surface area contributed by atoms with Gasteiger partial charge in [0.25, 0.3) is 0 Å². The van der Waals surface area contributed by atoms with Crippen LogP contribution in [0.1, 0.15) is 0 Å². The second kappa shape index (κ2) is 3.48. The Bertz CT molecular complexity index is 397. The van der Waals surface area contributed by atoms with Crippen molar-refractivity contribution in [2.75, 3.05) is 0 Å². The van der Waals surface area contributed by atoms with E-state index in [1.807, 2.05) is 6.07 Å². The highest BCUT2D eigenvalue weighted by atomic mass is 127. The zero-order chi connectivity index (χ0) is 8.72. The van der Waals surface area contributed by atoms with E-state index in [-0.39, 0.29) is 0 Å². The average molecular weight is 371 g/mol. The van der Waals surface area contributed by atoms with Crippen molar-refractivity contribution in [1.82, 2.24) is 0 Å². The molecule has 62 valence electrons. The molecule has 0 aliphatic rings. The summed E-state index contributed by atoms with van der Waals surface area (Å²) in [6.07, 6.45) is 0. The van der Waals surface area contributed by atoms with E-state index in [2.05, 4.69) is 63.3 Å². The van der Waals surface area contributed by atoms with Gasteiger partial charge in [-0.15, -0.1) is 24.0 Å². The zero-order valence-corrected chi connectivity index (χ0v) is 11.3. The molecule has 1 aromatic carbocycles. The Morgan fingerprint density at radius 2 is 2.17 bits per heavy atom. The van der Waals surface area contributed by atoms with Crippen LogP contribution in [0.3, 0.4) is 0 Å². The lowest BCUT2D eigenvalue weighted by Crippen LogP contribution is -1.71. The maximum Gasteiger partial charge on any atom is 0.0711 e. The number of halogens is 2. The normalized spacial score (nSPS) is 10.9. The first kappa shape index (κ1) is 9.30. The minimum absolute atomic E-state index is 1.06. The second-order valence-corrected chi connectivity index (χ2v) is 6.44. The molecule has 0 saturated carbocycles. The van der Waals surface area contributed by atoms with E-state index in [0.717, 1.165) is 8.68 Å². The van der Waals surface area contributed by atoms with Crippen LogP contribution in [0.15, 0.2) is 26.9 Å². The monoisotopic (exact) mass is 370 g/mol. The fraction of sp³-hybridized carbons (Fsp3) is 0. The average Bonchev–Trinajstić information content (AvgIpc) is 2.41. The largest absolute Gasteiger partial charge is 0.142 e. The van der Waals surface area contributed by atoms with Gasteiger partial charge in [0, 0.05) is 18.6 Å². The van der Waals surface area contributed by atoms with Gasteiger partial charge in [0.15, 0.2) is 0 Å². The Kier molecular flexibility index (Phi) is 2.69. The van der Waals surface area contributed by atoms with Crippen LogP contribution in [-0.4, -0.2) is 0 Å². The summed E-state index contributed by atoms with van der Waals surface area (Å²) in [4.78, 5) is 1.06. The molecular formula is C8H4BrIS2. The Hall–Kier alpha value is 0.740. The SMILES string of the molecule is Sc1ccc(I)c2cc(Br)sc12. The van der Waals surface area contributed by atoms with Crippen LogP contribution in [-0.2, 0) is 0 Å². The van der Waals surface area contributed by atoms with Crippen molar-refractivity contribution in [3.8, 4) is 0 Å². The molecule has 1 heterocycles. The van der Waals surface area contributed by atoms with Crippen molar-refractivity contribution in [3.63, 3.8) is 0 Å². The minimum atomic E-state index is 1.06. The summed E-state index contributed by atoms with van der Waals surface area (Å²) < 4.78 is 3.70. The summed E-state index contributed by atoms with van der Waals surface area (Å²) in [5.74, 6) is 0. The topological polar surface area (TPSA) is 0 Å². The van der Waals surface area contributed by atoms with E-state index in [1.54, 1.807) is 11.3 Å². The van der Waals surface area contributed by atoms with Gasteiger partial charge in [-0.05, 0) is 56.7 Å². The lowest BCUT2D eigenvalue weighted by atomic mass is 10.3. The number of thiol groups is 1. The molecule has 0 bridgehead atoms. The van der Waals surface area contributed by atoms with Crippen molar-refractivity contribution in [1.29, 1.82) is 0 Å². The highest BCUT2D eigenvalue weighted by Gasteiger charge is 2.05. The molecule has 0 aliphatic carbocycles. The second-order valence-electron chi connectivity index (χ2n) is 2.36. The van der Waals surface area contributed by atoms with E-state index in [4.69, 9.17) is 0 Å². The standard InChI is InChI=1S/C8H4BrIS2/c9-7-3-4-5(10)1-2-6(11)8(4)12-7/h1-3,11H. The number of rotatable bonds is 0. The molecule has 0 fully saturated rings. The van der Waals surface area contributed by atoms with Gasteiger partial charge in [0.1, 0.15) is 0 Å². The van der Waals surface area contributed by atoms with Crippen LogP contribution in [0.5, 0.6) is 0 Å². The molecule has 0 N–H and O–H groups in total. The maximum absolute atomic E-state index is 4.40. The number of thiophene rings is 1. The van der Waals surface area contributed by atoms with Crippen LogP contribution >= 0.6 is 62.5 Å². The summed E-state index contributed by atoms with van der Waals surface area (Å²) in [6.45, 7) is 0. The predicted molar refractivity (Wildman–Crippen MR) is 69.5 cm³/mol. The van der Waals surface area contributed by atoms with E-state index < -0.39 is 0 Å². The van der Waals surface area contributed by atoms with Crippen LogP contribution in [0.2, 0.25) is 0 Å². The Morgan fingerprint density at radius 1 is 1.42 bits per heavy atom. The summed E-state index contributed by atoms with van der Waals surface area (Å²) in [5, 5.41) is 1.29. The third kappa shape index (κ3) is 1.54. The molecular weight excluding hydrogens is 367 g/mol. The molecule has 12 heavy (non-hydrogen) atoms. The molecule has 0 saturated heterocycles. The first-order valence-corrected chi connectivity index (χ1v) is 6.38. The summed E-state index contributed by atoms with van der Waals surface area (Å²) in [6, 6.07) is 6.27. The lowest BCUT2D eigenvalue weighted by Gasteiger charge is -1.95. The Balaban J connectivity index is 2.93. The first-order valence-electron chi connectivity index (χ1n) is 3.25. The maximum atomic E-state index is 4.40. The Morgan fingerprint density at radius 3 is 2.83 bits per heavy atom. The van der Waals surface area contributed by atoms with Gasteiger partial charge in [-0.25, -0.2) is 0 Å². The fourth-order valence-electron chi connectivity index (χ4n) is 1.05.